The van der Waals surface area contributed by atoms with Crippen LogP contribution < -0.4 is 9.64 Å². The summed E-state index contributed by atoms with van der Waals surface area (Å²) in [6.45, 7) is 1.88. The van der Waals surface area contributed by atoms with Crippen molar-refractivity contribution in [2.75, 3.05) is 18.0 Å². The second-order valence-electron chi connectivity index (χ2n) is 5.07. The number of hydrogen-bond donors (Lipinski definition) is 0. The van der Waals surface area contributed by atoms with Gasteiger partial charge in [-0.1, -0.05) is 35.3 Å². The average molecular weight is 323 g/mol. The van der Waals surface area contributed by atoms with Gasteiger partial charge in [-0.2, -0.15) is 0 Å². The van der Waals surface area contributed by atoms with E-state index in [0.717, 1.165) is 37.4 Å². The van der Waals surface area contributed by atoms with E-state index in [0.29, 0.717) is 10.2 Å². The van der Waals surface area contributed by atoms with Gasteiger partial charge < -0.3 is 9.64 Å². The van der Waals surface area contributed by atoms with Crippen LogP contribution in [-0.2, 0) is 0 Å². The van der Waals surface area contributed by atoms with Gasteiger partial charge in [-0.15, -0.1) is 0 Å². The zero-order chi connectivity index (χ0) is 14.7. The lowest BCUT2D eigenvalue weighted by atomic mass is 10.1. The lowest BCUT2D eigenvalue weighted by molar-refractivity contribution is 0.171. The van der Waals surface area contributed by atoms with E-state index in [1.165, 1.54) is 0 Å². The second kappa shape index (κ2) is 6.54. The van der Waals surface area contributed by atoms with Crippen molar-refractivity contribution >= 4 is 28.9 Å². The van der Waals surface area contributed by atoms with E-state index in [2.05, 4.69) is 9.88 Å². The molecule has 5 heteroatoms. The lowest BCUT2D eigenvalue weighted by Gasteiger charge is -2.33. The Kier molecular flexibility index (Phi) is 4.51. The molecule has 0 saturated carbocycles. The predicted molar refractivity (Wildman–Crippen MR) is 86.6 cm³/mol. The Morgan fingerprint density at radius 1 is 1.10 bits per heavy atom. The maximum Gasteiger partial charge on any atom is 0.138 e. The van der Waals surface area contributed by atoms with Crippen molar-refractivity contribution in [1.29, 1.82) is 0 Å². The van der Waals surface area contributed by atoms with Crippen molar-refractivity contribution in [3.63, 3.8) is 0 Å². The standard InChI is InChI=1S/C16H16Cl2N2O/c17-14-3-1-2-4-15(14)21-13-6-9-20(10-7-13)12-5-8-19-16(18)11-12/h1-5,8,11,13H,6-7,9-10H2. The number of halogens is 2. The van der Waals surface area contributed by atoms with E-state index < -0.39 is 0 Å². The maximum absolute atomic E-state index is 6.13. The highest BCUT2D eigenvalue weighted by Gasteiger charge is 2.21. The summed E-state index contributed by atoms with van der Waals surface area (Å²) in [6.07, 6.45) is 3.87. The molecule has 1 aliphatic heterocycles. The summed E-state index contributed by atoms with van der Waals surface area (Å²) < 4.78 is 6.00. The molecule has 0 aliphatic carbocycles. The van der Waals surface area contributed by atoms with Gasteiger partial charge in [0.05, 0.1) is 5.02 Å². The molecule has 0 spiro atoms. The quantitative estimate of drug-likeness (QED) is 0.781. The van der Waals surface area contributed by atoms with Gasteiger partial charge in [0.1, 0.15) is 17.0 Å². The van der Waals surface area contributed by atoms with Gasteiger partial charge in [0.15, 0.2) is 0 Å². The molecule has 1 fully saturated rings. The number of aromatic nitrogens is 1. The summed E-state index contributed by atoms with van der Waals surface area (Å²) in [5, 5.41) is 1.20. The lowest BCUT2D eigenvalue weighted by Crippen LogP contribution is -2.38. The Balaban J connectivity index is 1.59. The van der Waals surface area contributed by atoms with Gasteiger partial charge in [-0.05, 0) is 24.3 Å². The Hall–Kier alpha value is -1.45. The molecule has 3 rings (SSSR count). The first-order chi connectivity index (χ1) is 10.2. The van der Waals surface area contributed by atoms with E-state index >= 15 is 0 Å². The monoisotopic (exact) mass is 322 g/mol. The van der Waals surface area contributed by atoms with E-state index in [1.807, 2.05) is 36.4 Å². The summed E-state index contributed by atoms with van der Waals surface area (Å²) in [6, 6.07) is 11.5. The summed E-state index contributed by atoms with van der Waals surface area (Å²) >= 11 is 12.1. The van der Waals surface area contributed by atoms with Crippen LogP contribution >= 0.6 is 23.2 Å². The minimum Gasteiger partial charge on any atom is -0.489 e. The molecule has 0 N–H and O–H groups in total. The fourth-order valence-corrected chi connectivity index (χ4v) is 2.89. The van der Waals surface area contributed by atoms with Crippen LogP contribution in [-0.4, -0.2) is 24.2 Å². The van der Waals surface area contributed by atoms with Crippen LogP contribution in [0.1, 0.15) is 12.8 Å². The van der Waals surface area contributed by atoms with Crippen molar-refractivity contribution in [1.82, 2.24) is 4.98 Å². The number of benzene rings is 1. The van der Waals surface area contributed by atoms with Crippen molar-refractivity contribution in [3.8, 4) is 5.75 Å². The molecule has 0 bridgehead atoms. The van der Waals surface area contributed by atoms with Crippen molar-refractivity contribution in [2.45, 2.75) is 18.9 Å². The van der Waals surface area contributed by atoms with Gasteiger partial charge in [-0.25, -0.2) is 4.98 Å². The van der Waals surface area contributed by atoms with Crippen molar-refractivity contribution in [3.05, 3.63) is 52.8 Å². The predicted octanol–water partition coefficient (Wildman–Crippen LogP) is 4.44. The first kappa shape index (κ1) is 14.5. The number of pyridine rings is 1. The topological polar surface area (TPSA) is 25.4 Å². The highest BCUT2D eigenvalue weighted by atomic mass is 35.5. The van der Waals surface area contributed by atoms with Crippen molar-refractivity contribution in [2.24, 2.45) is 0 Å². The van der Waals surface area contributed by atoms with Crippen molar-refractivity contribution < 1.29 is 4.74 Å². The van der Waals surface area contributed by atoms with Gasteiger partial charge in [0.2, 0.25) is 0 Å². The normalized spacial score (nSPS) is 16.0. The first-order valence-electron chi connectivity index (χ1n) is 7.00. The number of rotatable bonds is 3. The Bertz CT molecular complexity index is 613. The van der Waals surface area contributed by atoms with E-state index in [4.69, 9.17) is 27.9 Å². The van der Waals surface area contributed by atoms with Crippen LogP contribution in [0.4, 0.5) is 5.69 Å². The summed E-state index contributed by atoms with van der Waals surface area (Å²) in [5.74, 6) is 0.768. The Morgan fingerprint density at radius 2 is 1.86 bits per heavy atom. The van der Waals surface area contributed by atoms with E-state index in [1.54, 1.807) is 6.20 Å². The van der Waals surface area contributed by atoms with Crippen LogP contribution in [0.25, 0.3) is 0 Å². The fraction of sp³-hybridized carbons (Fsp3) is 0.312. The number of ether oxygens (including phenoxy) is 1. The minimum atomic E-state index is 0.207. The number of piperidine rings is 1. The second-order valence-corrected chi connectivity index (χ2v) is 5.87. The van der Waals surface area contributed by atoms with Crippen LogP contribution in [0.15, 0.2) is 42.6 Å². The van der Waals surface area contributed by atoms with Crippen LogP contribution in [0.3, 0.4) is 0 Å². The SMILES string of the molecule is Clc1cc(N2CCC(Oc3ccccc3Cl)CC2)ccn1. The number of para-hydroxylation sites is 1. The highest BCUT2D eigenvalue weighted by Crippen LogP contribution is 2.28. The minimum absolute atomic E-state index is 0.207. The largest absolute Gasteiger partial charge is 0.489 e. The van der Waals surface area contributed by atoms with Crippen LogP contribution in [0.5, 0.6) is 5.75 Å². The third-order valence-electron chi connectivity index (χ3n) is 3.65. The van der Waals surface area contributed by atoms with E-state index in [9.17, 15) is 0 Å². The van der Waals surface area contributed by atoms with Gasteiger partial charge in [-0.3, -0.25) is 0 Å². The van der Waals surface area contributed by atoms with Gasteiger partial charge in [0, 0.05) is 37.8 Å². The van der Waals surface area contributed by atoms with Crippen LogP contribution in [0, 0.1) is 0 Å². The van der Waals surface area contributed by atoms with E-state index in [-0.39, 0.29) is 6.10 Å². The zero-order valence-electron chi connectivity index (χ0n) is 11.5. The smallest absolute Gasteiger partial charge is 0.138 e. The Morgan fingerprint density at radius 3 is 2.57 bits per heavy atom. The van der Waals surface area contributed by atoms with Gasteiger partial charge >= 0.3 is 0 Å². The summed E-state index contributed by atoms with van der Waals surface area (Å²) in [4.78, 5) is 6.32. The molecule has 1 saturated heterocycles. The molecule has 110 valence electrons. The molecule has 2 aromatic rings. The number of hydrogen-bond acceptors (Lipinski definition) is 3. The molecule has 0 atom stereocenters. The number of anilines is 1. The Labute approximate surface area is 134 Å². The molecular formula is C16H16Cl2N2O. The average Bonchev–Trinajstić information content (AvgIpc) is 2.50. The number of nitrogens with zero attached hydrogens (tertiary/aromatic N) is 2. The summed E-state index contributed by atoms with van der Waals surface area (Å²) in [7, 11) is 0. The molecule has 1 aliphatic rings. The van der Waals surface area contributed by atoms with Gasteiger partial charge in [0.25, 0.3) is 0 Å². The third kappa shape index (κ3) is 3.60. The van der Waals surface area contributed by atoms with Crippen LogP contribution in [0.2, 0.25) is 10.2 Å². The molecule has 3 nitrogen and oxygen atoms in total. The summed E-state index contributed by atoms with van der Waals surface area (Å²) in [5.41, 5.74) is 1.12. The third-order valence-corrected chi connectivity index (χ3v) is 4.17. The molecule has 21 heavy (non-hydrogen) atoms. The fourth-order valence-electron chi connectivity index (χ4n) is 2.54. The first-order valence-corrected chi connectivity index (χ1v) is 7.75. The molecule has 0 amide bonds. The molecule has 1 aromatic carbocycles. The highest BCUT2D eigenvalue weighted by molar-refractivity contribution is 6.32. The maximum atomic E-state index is 6.13. The molecule has 2 heterocycles. The zero-order valence-corrected chi connectivity index (χ0v) is 13.0. The molecule has 1 aromatic heterocycles. The molecular weight excluding hydrogens is 307 g/mol. The molecule has 0 unspecified atom stereocenters. The molecule has 0 radical (unpaired) electrons.